The second-order valence-electron chi connectivity index (χ2n) is 3.67. The van der Waals surface area contributed by atoms with Crippen molar-refractivity contribution in [2.24, 2.45) is 9.98 Å². The number of hydrogen-bond acceptors (Lipinski definition) is 3. The fourth-order valence-electron chi connectivity index (χ4n) is 1.30. The first-order chi connectivity index (χ1) is 8.50. The number of nitrogens with one attached hydrogen (secondary N) is 1. The summed E-state index contributed by atoms with van der Waals surface area (Å²) in [7, 11) is 0. The van der Waals surface area contributed by atoms with Crippen LogP contribution in [0.1, 0.15) is 19.3 Å². The maximum Gasteiger partial charge on any atom is 0.0566 e. The van der Waals surface area contributed by atoms with Gasteiger partial charge in [0, 0.05) is 31.9 Å². The van der Waals surface area contributed by atoms with E-state index in [-0.39, 0.29) is 0 Å². The molecule has 3 heterocycles. The van der Waals surface area contributed by atoms with Gasteiger partial charge < -0.3 is 5.32 Å². The summed E-state index contributed by atoms with van der Waals surface area (Å²) in [6.45, 7) is 3.01. The lowest BCUT2D eigenvalue weighted by Crippen LogP contribution is -1.96. The molecule has 3 aliphatic rings. The van der Waals surface area contributed by atoms with Gasteiger partial charge in [-0.25, -0.2) is 0 Å². The van der Waals surface area contributed by atoms with E-state index in [1.807, 2.05) is 24.7 Å². The summed E-state index contributed by atoms with van der Waals surface area (Å²) < 4.78 is 0. The predicted octanol–water partition coefficient (Wildman–Crippen LogP) is 2.53. The van der Waals surface area contributed by atoms with E-state index in [4.69, 9.17) is 0 Å². The van der Waals surface area contributed by atoms with Gasteiger partial charge in [-0.15, -0.1) is 0 Å². The number of rotatable bonds is 0. The minimum atomic E-state index is 0.889. The molecule has 0 fully saturated rings. The largest absolute Gasteiger partial charge is 0.391 e. The quantitative estimate of drug-likeness (QED) is 0.639. The molecule has 0 unspecified atom stereocenters. The summed E-state index contributed by atoms with van der Waals surface area (Å²) in [5.41, 5.74) is 0. The molecule has 0 aromatic rings. The van der Waals surface area contributed by atoms with Gasteiger partial charge in [0.2, 0.25) is 0 Å². The molecule has 0 atom stereocenters. The van der Waals surface area contributed by atoms with Crippen LogP contribution in [-0.4, -0.2) is 32.1 Å². The van der Waals surface area contributed by atoms with Crippen molar-refractivity contribution < 1.29 is 0 Å². The molecule has 0 radical (unpaired) electrons. The van der Waals surface area contributed by atoms with Gasteiger partial charge in [-0.2, -0.15) is 0 Å². The zero-order valence-electron chi connectivity index (χ0n) is 10.3. The molecule has 0 amide bonds. The highest BCUT2D eigenvalue weighted by Crippen LogP contribution is 1.87. The van der Waals surface area contributed by atoms with Crippen LogP contribution < -0.4 is 5.32 Å². The third-order valence-corrected chi connectivity index (χ3v) is 2.19. The van der Waals surface area contributed by atoms with Crippen LogP contribution in [0.4, 0.5) is 0 Å². The Hall–Kier alpha value is -1.64. The first kappa shape index (κ1) is 13.4. The van der Waals surface area contributed by atoms with Crippen LogP contribution in [0.3, 0.4) is 0 Å². The second-order valence-corrected chi connectivity index (χ2v) is 3.67. The van der Waals surface area contributed by atoms with E-state index in [1.54, 1.807) is 0 Å². The highest BCUT2D eigenvalue weighted by molar-refractivity contribution is 5.71. The highest BCUT2D eigenvalue weighted by atomic mass is 14.8. The molecule has 3 aliphatic heterocycles. The Bertz CT molecular complexity index is 273. The third-order valence-electron chi connectivity index (χ3n) is 2.19. The standard InChI is InChI=1S/2C5H7N.C4H7N/c2*1-2-4-6-5-3-1;1-2-4-5-3-1/h1-2,5H,3-4H2;1-2,4H,3,5H2;1,3,5H,2,4H2. The second kappa shape index (κ2) is 10.9. The molecule has 92 valence electrons. The molecule has 3 nitrogen and oxygen atoms in total. The monoisotopic (exact) mass is 231 g/mol. The van der Waals surface area contributed by atoms with E-state index in [1.165, 1.54) is 6.42 Å². The van der Waals surface area contributed by atoms with Gasteiger partial charge in [0.05, 0.1) is 6.54 Å². The SMILES string of the molecule is C1=CCCN=C1.C1=CCN=CC1.C1=CNCC1. The Morgan fingerprint density at radius 1 is 0.941 bits per heavy atom. The van der Waals surface area contributed by atoms with Gasteiger partial charge in [0.25, 0.3) is 0 Å². The zero-order valence-corrected chi connectivity index (χ0v) is 10.3. The van der Waals surface area contributed by atoms with Crippen molar-refractivity contribution in [3.8, 4) is 0 Å². The maximum atomic E-state index is 3.97. The van der Waals surface area contributed by atoms with E-state index in [0.29, 0.717) is 0 Å². The molecule has 17 heavy (non-hydrogen) atoms. The van der Waals surface area contributed by atoms with Gasteiger partial charge in [-0.05, 0) is 25.1 Å². The van der Waals surface area contributed by atoms with Crippen LogP contribution in [0.5, 0.6) is 0 Å². The van der Waals surface area contributed by atoms with Gasteiger partial charge in [-0.3, -0.25) is 9.98 Å². The van der Waals surface area contributed by atoms with Crippen LogP contribution >= 0.6 is 0 Å². The first-order valence-electron chi connectivity index (χ1n) is 6.17. The van der Waals surface area contributed by atoms with Gasteiger partial charge in [0.15, 0.2) is 0 Å². The summed E-state index contributed by atoms with van der Waals surface area (Å²) in [5, 5.41) is 3.04. The van der Waals surface area contributed by atoms with Gasteiger partial charge >= 0.3 is 0 Å². The number of aliphatic imine (C=N–C) groups is 2. The van der Waals surface area contributed by atoms with E-state index >= 15 is 0 Å². The Morgan fingerprint density at radius 2 is 1.94 bits per heavy atom. The van der Waals surface area contributed by atoms with Crippen LogP contribution in [0, 0.1) is 0 Å². The molecule has 0 aromatic carbocycles. The highest BCUT2D eigenvalue weighted by Gasteiger charge is 1.81. The van der Waals surface area contributed by atoms with Crippen LogP contribution in [-0.2, 0) is 0 Å². The average Bonchev–Trinajstić information content (AvgIpc) is 3.03. The third kappa shape index (κ3) is 9.30. The molecular weight excluding hydrogens is 210 g/mol. The van der Waals surface area contributed by atoms with Gasteiger partial charge in [0.1, 0.15) is 0 Å². The lowest BCUT2D eigenvalue weighted by molar-refractivity contribution is 0.917. The molecule has 0 bridgehead atoms. The lowest BCUT2D eigenvalue weighted by atomic mass is 10.3. The van der Waals surface area contributed by atoms with Crippen molar-refractivity contribution in [3.05, 3.63) is 36.6 Å². The fourth-order valence-corrected chi connectivity index (χ4v) is 1.30. The molecule has 3 heteroatoms. The van der Waals surface area contributed by atoms with Gasteiger partial charge in [-0.1, -0.05) is 24.3 Å². The molecule has 3 rings (SSSR count). The van der Waals surface area contributed by atoms with Crippen LogP contribution in [0.15, 0.2) is 46.6 Å². The van der Waals surface area contributed by atoms with Crippen molar-refractivity contribution >= 4 is 12.4 Å². The molecule has 1 N–H and O–H groups in total. The Labute approximate surface area is 104 Å². The molecule has 0 saturated heterocycles. The van der Waals surface area contributed by atoms with Crippen molar-refractivity contribution in [2.45, 2.75) is 19.3 Å². The summed E-state index contributed by atoms with van der Waals surface area (Å²) >= 11 is 0. The minimum absolute atomic E-state index is 0.889. The van der Waals surface area contributed by atoms with E-state index in [2.05, 4.69) is 39.6 Å². The summed E-state index contributed by atoms with van der Waals surface area (Å²) in [6.07, 6.45) is 19.5. The van der Waals surface area contributed by atoms with E-state index in [9.17, 15) is 0 Å². The molecule has 0 aromatic heterocycles. The van der Waals surface area contributed by atoms with E-state index in [0.717, 1.165) is 32.5 Å². The number of allylic oxidation sites excluding steroid dienone is 2. The molecule has 0 saturated carbocycles. The molecular formula is C14H21N3. The molecule has 0 spiro atoms. The van der Waals surface area contributed by atoms with Crippen LogP contribution in [0.25, 0.3) is 0 Å². The first-order valence-corrected chi connectivity index (χ1v) is 6.17. The van der Waals surface area contributed by atoms with Crippen molar-refractivity contribution in [1.82, 2.24) is 5.32 Å². The fraction of sp³-hybridized carbons (Fsp3) is 0.429. The Balaban J connectivity index is 0.000000128. The van der Waals surface area contributed by atoms with Crippen molar-refractivity contribution in [1.29, 1.82) is 0 Å². The molecule has 0 aliphatic carbocycles. The Morgan fingerprint density at radius 3 is 2.12 bits per heavy atom. The summed E-state index contributed by atoms with van der Waals surface area (Å²) in [6, 6.07) is 0. The number of dihydropyridines is 2. The summed E-state index contributed by atoms with van der Waals surface area (Å²) in [5.74, 6) is 0. The topological polar surface area (TPSA) is 36.8 Å². The Kier molecular flexibility index (Phi) is 8.58. The average molecular weight is 231 g/mol. The van der Waals surface area contributed by atoms with E-state index < -0.39 is 0 Å². The number of hydrogen-bond donors (Lipinski definition) is 1. The van der Waals surface area contributed by atoms with Crippen LogP contribution in [0.2, 0.25) is 0 Å². The normalized spacial score (nSPS) is 18.8. The number of nitrogens with zero attached hydrogens (tertiary/aromatic N) is 2. The van der Waals surface area contributed by atoms with Crippen molar-refractivity contribution in [2.75, 3.05) is 19.6 Å². The maximum absolute atomic E-state index is 3.97. The zero-order chi connectivity index (χ0) is 12.0. The predicted molar refractivity (Wildman–Crippen MR) is 76.0 cm³/mol. The van der Waals surface area contributed by atoms with Crippen molar-refractivity contribution in [3.63, 3.8) is 0 Å². The lowest BCUT2D eigenvalue weighted by Gasteiger charge is -1.88. The smallest absolute Gasteiger partial charge is 0.0566 e. The minimum Gasteiger partial charge on any atom is -0.391 e. The summed E-state index contributed by atoms with van der Waals surface area (Å²) in [4.78, 5) is 7.93.